The van der Waals surface area contributed by atoms with Crippen LogP contribution in [0.4, 0.5) is 0 Å². The first-order valence-electron chi connectivity index (χ1n) is 11.0. The van der Waals surface area contributed by atoms with Gasteiger partial charge in [0.05, 0.1) is 0 Å². The van der Waals surface area contributed by atoms with E-state index in [4.69, 9.17) is 17.2 Å². The molecular formula is C27H27Cl2GeHf. The minimum absolute atomic E-state index is 0.0253. The second-order valence-corrected chi connectivity index (χ2v) is 30.7. The monoisotopic (exact) mass is 675 g/mol. The van der Waals surface area contributed by atoms with Crippen LogP contribution in [0, 0.1) is 5.92 Å². The summed E-state index contributed by atoms with van der Waals surface area (Å²) in [5, 5.41) is 1.29. The van der Waals surface area contributed by atoms with Gasteiger partial charge in [0.25, 0.3) is 0 Å². The Morgan fingerprint density at radius 1 is 1.03 bits per heavy atom. The van der Waals surface area contributed by atoms with E-state index in [0.29, 0.717) is 5.92 Å². The van der Waals surface area contributed by atoms with Gasteiger partial charge in [-0.1, -0.05) is 0 Å². The van der Waals surface area contributed by atoms with Gasteiger partial charge >= 0.3 is 207 Å². The predicted molar refractivity (Wildman–Crippen MR) is 134 cm³/mol. The Labute approximate surface area is 205 Å². The fourth-order valence-corrected chi connectivity index (χ4v) is 37.0. The minimum atomic E-state index is -2.89. The fraction of sp³-hybridized carbons (Fsp3) is 0.296. The molecular weight excluding hydrogens is 646 g/mol. The van der Waals surface area contributed by atoms with E-state index >= 15 is 0 Å². The molecule has 0 spiro atoms. The second kappa shape index (κ2) is 8.38. The summed E-state index contributed by atoms with van der Waals surface area (Å²) in [4.78, 5) is 2.60. The first kappa shape index (κ1) is 22.3. The van der Waals surface area contributed by atoms with Crippen molar-refractivity contribution in [3.8, 4) is 0 Å². The van der Waals surface area contributed by atoms with Crippen molar-refractivity contribution >= 4 is 35.9 Å². The third-order valence-corrected chi connectivity index (χ3v) is 37.3. The Bertz CT molecular complexity index is 1180. The van der Waals surface area contributed by atoms with Gasteiger partial charge in [-0.15, -0.1) is 0 Å². The van der Waals surface area contributed by atoms with Gasteiger partial charge in [0.15, 0.2) is 0 Å². The molecule has 0 radical (unpaired) electrons. The van der Waals surface area contributed by atoms with Crippen molar-refractivity contribution in [1.29, 1.82) is 0 Å². The molecule has 157 valence electrons. The van der Waals surface area contributed by atoms with Crippen molar-refractivity contribution in [1.82, 2.24) is 0 Å². The molecule has 1 aliphatic heterocycles. The molecule has 0 amide bonds. The number of halogens is 2. The molecule has 31 heavy (non-hydrogen) atoms. The van der Waals surface area contributed by atoms with Crippen molar-refractivity contribution in [3.05, 3.63) is 105 Å². The molecule has 1 aromatic rings. The normalized spacial score (nSPS) is 29.4. The Kier molecular flexibility index (Phi) is 6.04. The number of hydrogen-bond donors (Lipinski definition) is 0. The first-order chi connectivity index (χ1) is 14.9. The van der Waals surface area contributed by atoms with Crippen molar-refractivity contribution in [2.75, 3.05) is 0 Å². The molecule has 5 rings (SSSR count). The van der Waals surface area contributed by atoms with E-state index in [2.05, 4.69) is 93.3 Å². The van der Waals surface area contributed by atoms with Crippen molar-refractivity contribution in [3.63, 3.8) is 0 Å². The van der Waals surface area contributed by atoms with Gasteiger partial charge in [0.2, 0.25) is 0 Å². The number of hydrogen-bond acceptors (Lipinski definition) is 0. The van der Waals surface area contributed by atoms with Gasteiger partial charge in [-0.25, -0.2) is 0 Å². The van der Waals surface area contributed by atoms with Gasteiger partial charge in [0, 0.05) is 0 Å². The number of benzene rings is 1. The topological polar surface area (TPSA) is 0 Å². The van der Waals surface area contributed by atoms with E-state index in [-0.39, 0.29) is 7.92 Å². The van der Waals surface area contributed by atoms with E-state index in [1.165, 1.54) is 49.8 Å². The van der Waals surface area contributed by atoms with Crippen LogP contribution in [-0.4, -0.2) is 18.8 Å². The van der Waals surface area contributed by atoms with Gasteiger partial charge < -0.3 is 0 Å². The predicted octanol–water partition coefficient (Wildman–Crippen LogP) is 7.95. The summed E-state index contributed by atoms with van der Waals surface area (Å²) in [7, 11) is 14.3. The molecule has 0 fully saturated rings. The summed E-state index contributed by atoms with van der Waals surface area (Å²) in [5.41, 5.74) is 11.7. The molecule has 1 heterocycles. The van der Waals surface area contributed by atoms with E-state index in [0.717, 1.165) is 0 Å². The van der Waals surface area contributed by atoms with Crippen LogP contribution in [-0.2, 0) is 19.1 Å². The van der Waals surface area contributed by atoms with E-state index in [1.54, 1.807) is 0 Å². The molecule has 1 aromatic carbocycles. The number of allylic oxidation sites excluding steroid dienone is 12. The van der Waals surface area contributed by atoms with Crippen LogP contribution >= 0.6 is 17.2 Å². The summed E-state index contributed by atoms with van der Waals surface area (Å²) >= 11 is -4.34. The zero-order valence-electron chi connectivity index (χ0n) is 18.5. The van der Waals surface area contributed by atoms with Crippen molar-refractivity contribution in [2.24, 2.45) is 5.92 Å². The molecule has 0 bridgehead atoms. The fourth-order valence-electron chi connectivity index (χ4n) is 5.84. The van der Waals surface area contributed by atoms with Crippen LogP contribution in [0.3, 0.4) is 0 Å². The molecule has 3 aliphatic carbocycles. The summed E-state index contributed by atoms with van der Waals surface area (Å²) in [6, 6.07) is 11.0. The van der Waals surface area contributed by atoms with Crippen LogP contribution in [0.1, 0.15) is 39.2 Å². The first-order valence-corrected chi connectivity index (χ1v) is 25.5. The third kappa shape index (κ3) is 3.37. The Morgan fingerprint density at radius 2 is 1.74 bits per heavy atom. The Hall–Kier alpha value is -0.477. The zero-order chi connectivity index (χ0) is 21.9. The average Bonchev–Trinajstić information content (AvgIpc) is 3.54. The standard InChI is InChI=1S/C27H27Ge.2ClH.Hf/c1-17-16-18(2)24(19(17)3)25-20(4)27(28-14-15-28)23-13-9-8-12-22(26(23)25)21-10-6-5-7-11-21;;;/h5-14,16,19,22H,15H2,1-4H3;2*1H;/q;;;+2/p-2. The molecule has 0 saturated carbocycles. The van der Waals surface area contributed by atoms with Gasteiger partial charge in [-0.2, -0.15) is 0 Å². The zero-order valence-corrected chi connectivity index (χ0v) is 25.7. The van der Waals surface area contributed by atoms with E-state index in [9.17, 15) is 0 Å². The van der Waals surface area contributed by atoms with Gasteiger partial charge in [0.1, 0.15) is 0 Å². The summed E-state index contributed by atoms with van der Waals surface area (Å²) in [5.74, 6) is 0.679. The summed E-state index contributed by atoms with van der Waals surface area (Å²) in [6.45, 7) is 9.30. The molecule has 3 atom stereocenters. The Balaban J connectivity index is 1.84. The van der Waals surface area contributed by atoms with Crippen LogP contribution in [0.5, 0.6) is 0 Å². The Morgan fingerprint density at radius 3 is 2.32 bits per heavy atom. The molecule has 4 aliphatic rings. The van der Waals surface area contributed by atoms with Crippen molar-refractivity contribution < 1.29 is 19.1 Å². The van der Waals surface area contributed by atoms with Crippen LogP contribution < -0.4 is 0 Å². The van der Waals surface area contributed by atoms with Crippen molar-refractivity contribution in [2.45, 2.75) is 40.9 Å². The van der Waals surface area contributed by atoms with Gasteiger partial charge in [-0.3, -0.25) is 0 Å². The molecule has 3 unspecified atom stereocenters. The average molecular weight is 674 g/mol. The molecule has 0 saturated heterocycles. The molecule has 0 N–H and O–H groups in total. The maximum absolute atomic E-state index is 7.16. The molecule has 4 heteroatoms. The van der Waals surface area contributed by atoms with E-state index in [1.807, 2.05) is 0 Å². The summed E-state index contributed by atoms with van der Waals surface area (Å²) in [6.07, 6.45) is 11.6. The second-order valence-electron chi connectivity index (χ2n) is 9.11. The SMILES string of the molecule is CC1=CC(C)=C(C2=C(C)[C]([Ge]3=[CH][CH2]3)([Hf]([Cl])[Cl])C3=C2C(c2ccccc2)C=CC=C3)C1C. The van der Waals surface area contributed by atoms with E-state index < -0.39 is 33.0 Å². The molecule has 0 nitrogen and oxygen atoms in total. The van der Waals surface area contributed by atoms with Crippen LogP contribution in [0.15, 0.2) is 99.7 Å². The maximum atomic E-state index is 7.16. The van der Waals surface area contributed by atoms with Gasteiger partial charge in [-0.05, 0) is 0 Å². The molecule has 0 aromatic heterocycles. The third-order valence-electron chi connectivity index (χ3n) is 7.48. The van der Waals surface area contributed by atoms with Crippen LogP contribution in [0.25, 0.3) is 0 Å². The quantitative estimate of drug-likeness (QED) is 0.285. The number of rotatable bonds is 4. The van der Waals surface area contributed by atoms with Crippen LogP contribution in [0.2, 0.25) is 7.26 Å². The summed E-state index contributed by atoms with van der Waals surface area (Å²) < 4.78 is 0.0253.